The highest BCUT2D eigenvalue weighted by atomic mass is 19.2. The standard InChI is InChI=1S/C16H14F2N2O2/c17-13-4-2-10(6-14(13)18)16(21)20-12-3-1-9-5-11(19)8-22-15(9)7-12/h1-4,6-7,11H,5,8,19H2,(H,20,21). The van der Waals surface area contributed by atoms with Crippen molar-refractivity contribution in [2.45, 2.75) is 12.5 Å². The summed E-state index contributed by atoms with van der Waals surface area (Å²) in [7, 11) is 0. The number of amides is 1. The van der Waals surface area contributed by atoms with Crippen molar-refractivity contribution in [1.29, 1.82) is 0 Å². The molecule has 0 radical (unpaired) electrons. The summed E-state index contributed by atoms with van der Waals surface area (Å²) < 4.78 is 31.5. The quantitative estimate of drug-likeness (QED) is 0.896. The fourth-order valence-corrected chi connectivity index (χ4v) is 2.31. The lowest BCUT2D eigenvalue weighted by molar-refractivity contribution is 0.102. The van der Waals surface area contributed by atoms with Crippen LogP contribution in [0, 0.1) is 11.6 Å². The molecule has 2 aromatic rings. The van der Waals surface area contributed by atoms with E-state index in [1.165, 1.54) is 6.07 Å². The van der Waals surface area contributed by atoms with Crippen molar-refractivity contribution in [3.63, 3.8) is 0 Å². The zero-order valence-corrected chi connectivity index (χ0v) is 11.6. The van der Waals surface area contributed by atoms with Crippen molar-refractivity contribution in [2.75, 3.05) is 11.9 Å². The monoisotopic (exact) mass is 304 g/mol. The first-order valence-corrected chi connectivity index (χ1v) is 6.80. The Morgan fingerprint density at radius 3 is 2.77 bits per heavy atom. The molecule has 1 amide bonds. The fraction of sp³-hybridized carbons (Fsp3) is 0.188. The minimum Gasteiger partial charge on any atom is -0.492 e. The number of nitrogens with two attached hydrogens (primary N) is 1. The van der Waals surface area contributed by atoms with Crippen LogP contribution in [0.1, 0.15) is 15.9 Å². The molecule has 0 aromatic heterocycles. The number of halogens is 2. The lowest BCUT2D eigenvalue weighted by Gasteiger charge is -2.23. The molecule has 114 valence electrons. The summed E-state index contributed by atoms with van der Waals surface area (Å²) in [5, 5.41) is 2.63. The number of fused-ring (bicyclic) bond motifs is 1. The molecule has 3 rings (SSSR count). The van der Waals surface area contributed by atoms with Gasteiger partial charge in [-0.3, -0.25) is 4.79 Å². The van der Waals surface area contributed by atoms with Crippen LogP contribution in [0.3, 0.4) is 0 Å². The smallest absolute Gasteiger partial charge is 0.255 e. The van der Waals surface area contributed by atoms with Crippen LogP contribution in [0.15, 0.2) is 36.4 Å². The van der Waals surface area contributed by atoms with Crippen LogP contribution in [0.25, 0.3) is 0 Å². The van der Waals surface area contributed by atoms with E-state index in [9.17, 15) is 13.6 Å². The molecule has 4 nitrogen and oxygen atoms in total. The van der Waals surface area contributed by atoms with Gasteiger partial charge < -0.3 is 15.8 Å². The molecule has 1 unspecified atom stereocenters. The first kappa shape index (κ1) is 14.5. The average molecular weight is 304 g/mol. The van der Waals surface area contributed by atoms with E-state index in [0.717, 1.165) is 17.7 Å². The van der Waals surface area contributed by atoms with Crippen LogP contribution in [-0.2, 0) is 6.42 Å². The topological polar surface area (TPSA) is 64.3 Å². The number of benzene rings is 2. The number of rotatable bonds is 2. The lowest BCUT2D eigenvalue weighted by Crippen LogP contribution is -2.33. The first-order valence-electron chi connectivity index (χ1n) is 6.80. The summed E-state index contributed by atoms with van der Waals surface area (Å²) in [4.78, 5) is 12.0. The molecule has 6 heteroatoms. The molecule has 1 aliphatic heterocycles. The summed E-state index contributed by atoms with van der Waals surface area (Å²) in [6, 6.07) is 8.21. The van der Waals surface area contributed by atoms with Gasteiger partial charge >= 0.3 is 0 Å². The third kappa shape index (κ3) is 2.92. The maximum atomic E-state index is 13.2. The molecule has 0 aliphatic carbocycles. The Morgan fingerprint density at radius 1 is 1.18 bits per heavy atom. The van der Waals surface area contributed by atoms with Gasteiger partial charge in [-0.05, 0) is 36.2 Å². The predicted octanol–water partition coefficient (Wildman–Crippen LogP) is 2.48. The first-order chi connectivity index (χ1) is 10.5. The Bertz CT molecular complexity index is 734. The Balaban J connectivity index is 1.78. The van der Waals surface area contributed by atoms with Crippen molar-refractivity contribution in [1.82, 2.24) is 0 Å². The Hall–Kier alpha value is -2.47. The SMILES string of the molecule is NC1COc2cc(NC(=O)c3ccc(F)c(F)c3)ccc2C1. The maximum absolute atomic E-state index is 13.2. The van der Waals surface area contributed by atoms with E-state index >= 15 is 0 Å². The molecule has 0 saturated heterocycles. The minimum absolute atomic E-state index is 0.0323. The van der Waals surface area contributed by atoms with Crippen molar-refractivity contribution in [3.05, 3.63) is 59.2 Å². The number of hydrogen-bond acceptors (Lipinski definition) is 3. The molecule has 22 heavy (non-hydrogen) atoms. The van der Waals surface area contributed by atoms with Crippen LogP contribution < -0.4 is 15.8 Å². The second-order valence-electron chi connectivity index (χ2n) is 5.18. The molecule has 2 aromatic carbocycles. The van der Waals surface area contributed by atoms with Crippen LogP contribution in [0.4, 0.5) is 14.5 Å². The van der Waals surface area contributed by atoms with Crippen molar-refractivity contribution in [2.24, 2.45) is 5.73 Å². The highest BCUT2D eigenvalue weighted by Gasteiger charge is 2.17. The van der Waals surface area contributed by atoms with E-state index in [-0.39, 0.29) is 11.6 Å². The summed E-state index contributed by atoms with van der Waals surface area (Å²) in [5.41, 5.74) is 7.35. The molecular weight excluding hydrogens is 290 g/mol. The molecule has 1 aliphatic rings. The Morgan fingerprint density at radius 2 is 2.00 bits per heavy atom. The second kappa shape index (κ2) is 5.73. The van der Waals surface area contributed by atoms with Gasteiger partial charge in [0.25, 0.3) is 5.91 Å². The van der Waals surface area contributed by atoms with E-state index < -0.39 is 17.5 Å². The van der Waals surface area contributed by atoms with Crippen molar-refractivity contribution in [3.8, 4) is 5.75 Å². The predicted molar refractivity (Wildman–Crippen MR) is 77.9 cm³/mol. The Labute approximate surface area is 125 Å². The number of ether oxygens (including phenoxy) is 1. The fourth-order valence-electron chi connectivity index (χ4n) is 2.31. The number of anilines is 1. The van der Waals surface area contributed by atoms with E-state index in [1.807, 2.05) is 6.07 Å². The number of carbonyl (C=O) groups is 1. The summed E-state index contributed by atoms with van der Waals surface area (Å²) in [6.45, 7) is 0.424. The Kier molecular flexibility index (Phi) is 3.77. The number of carbonyl (C=O) groups excluding carboxylic acids is 1. The van der Waals surface area contributed by atoms with Crippen LogP contribution >= 0.6 is 0 Å². The molecule has 3 N–H and O–H groups in total. The number of hydrogen-bond donors (Lipinski definition) is 2. The largest absolute Gasteiger partial charge is 0.492 e. The van der Waals surface area contributed by atoms with Gasteiger partial charge in [-0.25, -0.2) is 8.78 Å². The van der Waals surface area contributed by atoms with E-state index in [0.29, 0.717) is 24.5 Å². The summed E-state index contributed by atoms with van der Waals surface area (Å²) >= 11 is 0. The highest BCUT2D eigenvalue weighted by molar-refractivity contribution is 6.04. The van der Waals surface area contributed by atoms with Crippen LogP contribution in [0.2, 0.25) is 0 Å². The van der Waals surface area contributed by atoms with Crippen LogP contribution in [-0.4, -0.2) is 18.6 Å². The van der Waals surface area contributed by atoms with Gasteiger partial charge in [0.1, 0.15) is 12.4 Å². The van der Waals surface area contributed by atoms with Crippen molar-refractivity contribution >= 4 is 11.6 Å². The third-order valence-corrected chi connectivity index (χ3v) is 3.44. The van der Waals surface area contributed by atoms with Gasteiger partial charge in [-0.15, -0.1) is 0 Å². The summed E-state index contributed by atoms with van der Waals surface area (Å²) in [6.07, 6.45) is 0.715. The molecule has 0 saturated carbocycles. The van der Waals surface area contributed by atoms with Gasteiger partial charge in [0.05, 0.1) is 0 Å². The van der Waals surface area contributed by atoms with Gasteiger partial charge in [0.2, 0.25) is 0 Å². The summed E-state index contributed by atoms with van der Waals surface area (Å²) in [5.74, 6) is -1.90. The molecule has 1 atom stereocenters. The maximum Gasteiger partial charge on any atom is 0.255 e. The highest BCUT2D eigenvalue weighted by Crippen LogP contribution is 2.28. The zero-order chi connectivity index (χ0) is 15.7. The molecular formula is C16H14F2N2O2. The molecule has 0 bridgehead atoms. The van der Waals surface area contributed by atoms with Crippen LogP contribution in [0.5, 0.6) is 5.75 Å². The van der Waals surface area contributed by atoms with Gasteiger partial charge in [0, 0.05) is 23.4 Å². The third-order valence-electron chi connectivity index (χ3n) is 3.44. The molecule has 0 spiro atoms. The second-order valence-corrected chi connectivity index (χ2v) is 5.18. The number of nitrogens with one attached hydrogen (secondary N) is 1. The van der Waals surface area contributed by atoms with E-state index in [2.05, 4.69) is 5.32 Å². The van der Waals surface area contributed by atoms with Gasteiger partial charge in [-0.2, -0.15) is 0 Å². The lowest BCUT2D eigenvalue weighted by atomic mass is 10.0. The molecule has 1 heterocycles. The van der Waals surface area contributed by atoms with Crippen molar-refractivity contribution < 1.29 is 18.3 Å². The van der Waals surface area contributed by atoms with Gasteiger partial charge in [-0.1, -0.05) is 6.07 Å². The zero-order valence-electron chi connectivity index (χ0n) is 11.6. The van der Waals surface area contributed by atoms with E-state index in [1.54, 1.807) is 12.1 Å². The normalized spacial score (nSPS) is 16.6. The minimum atomic E-state index is -1.06. The van der Waals surface area contributed by atoms with E-state index in [4.69, 9.17) is 10.5 Å². The molecule has 0 fully saturated rings. The average Bonchev–Trinajstić information content (AvgIpc) is 2.50. The van der Waals surface area contributed by atoms with Gasteiger partial charge in [0.15, 0.2) is 11.6 Å².